The van der Waals surface area contributed by atoms with Crippen molar-refractivity contribution in [2.45, 2.75) is 40.0 Å². The highest BCUT2D eigenvalue weighted by atomic mass is 32.1. The van der Waals surface area contributed by atoms with Crippen molar-refractivity contribution in [2.24, 2.45) is 0 Å². The van der Waals surface area contributed by atoms with E-state index >= 15 is 0 Å². The van der Waals surface area contributed by atoms with Crippen molar-refractivity contribution in [1.29, 1.82) is 0 Å². The minimum absolute atomic E-state index is 0.0289. The molecule has 30 heavy (non-hydrogen) atoms. The highest BCUT2D eigenvalue weighted by Crippen LogP contribution is 2.30. The summed E-state index contributed by atoms with van der Waals surface area (Å²) in [5.74, 6) is -0.376. The van der Waals surface area contributed by atoms with Crippen molar-refractivity contribution in [2.75, 3.05) is 31.1 Å². The second-order valence-electron chi connectivity index (χ2n) is 8.42. The van der Waals surface area contributed by atoms with E-state index in [0.29, 0.717) is 22.8 Å². The fourth-order valence-corrected chi connectivity index (χ4v) is 4.35. The maximum absolute atomic E-state index is 13.6. The van der Waals surface area contributed by atoms with Crippen LogP contribution < -0.4 is 4.90 Å². The number of likely N-dealkylation sites (N-methyl/N-ethyl adjacent to an activating group) is 1. The zero-order valence-electron chi connectivity index (χ0n) is 18.4. The van der Waals surface area contributed by atoms with Crippen molar-refractivity contribution in [1.82, 2.24) is 9.88 Å². The molecule has 0 unspecified atom stereocenters. The van der Waals surface area contributed by atoms with Crippen molar-refractivity contribution >= 4 is 32.6 Å². The van der Waals surface area contributed by atoms with E-state index in [9.17, 15) is 9.18 Å². The van der Waals surface area contributed by atoms with E-state index in [1.165, 1.54) is 29.0 Å². The van der Waals surface area contributed by atoms with Gasteiger partial charge in [-0.1, -0.05) is 58.1 Å². The molecule has 0 radical (unpaired) electrons. The van der Waals surface area contributed by atoms with E-state index in [2.05, 4.69) is 44.5 Å². The Morgan fingerprint density at radius 3 is 2.30 bits per heavy atom. The number of amides is 1. The third-order valence-electron chi connectivity index (χ3n) is 5.35. The van der Waals surface area contributed by atoms with Gasteiger partial charge < -0.3 is 4.90 Å². The number of hydrogen-bond donors (Lipinski definition) is 0. The summed E-state index contributed by atoms with van der Waals surface area (Å²) in [6.07, 6.45) is 0. The van der Waals surface area contributed by atoms with Crippen LogP contribution in [0.15, 0.2) is 42.5 Å². The van der Waals surface area contributed by atoms with Gasteiger partial charge in [-0.15, -0.1) is 0 Å². The first-order valence-corrected chi connectivity index (χ1v) is 11.3. The zero-order chi connectivity index (χ0) is 21.9. The van der Waals surface area contributed by atoms with Gasteiger partial charge in [-0.3, -0.25) is 9.69 Å². The predicted octanol–water partition coefficient (Wildman–Crippen LogP) is 5.72. The van der Waals surface area contributed by atoms with Crippen molar-refractivity contribution in [3.63, 3.8) is 0 Å². The number of thiazole rings is 1. The molecule has 4 nitrogen and oxygen atoms in total. The van der Waals surface area contributed by atoms with Gasteiger partial charge in [0, 0.05) is 18.7 Å². The molecule has 0 aliphatic rings. The van der Waals surface area contributed by atoms with Gasteiger partial charge in [-0.05, 0) is 54.4 Å². The van der Waals surface area contributed by atoms with E-state index in [1.54, 1.807) is 11.0 Å². The maximum atomic E-state index is 13.6. The molecular weight excluding hydrogens is 397 g/mol. The number of fused-ring (bicyclic) bond motifs is 1. The lowest BCUT2D eigenvalue weighted by molar-refractivity contribution is 0.0983. The molecule has 0 atom stereocenters. The zero-order valence-corrected chi connectivity index (χ0v) is 19.2. The molecule has 0 aliphatic carbocycles. The molecule has 160 valence electrons. The van der Waals surface area contributed by atoms with Gasteiger partial charge in [0.1, 0.15) is 5.82 Å². The number of carbonyl (C=O) groups excluding carboxylic acids is 1. The lowest BCUT2D eigenvalue weighted by atomic mass is 9.86. The van der Waals surface area contributed by atoms with Gasteiger partial charge >= 0.3 is 0 Å². The Bertz CT molecular complexity index is 1000. The van der Waals surface area contributed by atoms with E-state index in [0.717, 1.165) is 24.3 Å². The van der Waals surface area contributed by atoms with Crippen LogP contribution in [0.4, 0.5) is 9.52 Å². The van der Waals surface area contributed by atoms with Gasteiger partial charge in [-0.25, -0.2) is 9.37 Å². The van der Waals surface area contributed by atoms with Crippen molar-refractivity contribution < 1.29 is 9.18 Å². The average molecular weight is 428 g/mol. The summed E-state index contributed by atoms with van der Waals surface area (Å²) >= 11 is 1.35. The van der Waals surface area contributed by atoms with Crippen LogP contribution in [0.1, 0.15) is 50.5 Å². The number of nitrogens with zero attached hydrogens (tertiary/aromatic N) is 3. The molecular formula is C24H30FN3OS. The molecule has 2 aromatic carbocycles. The Balaban J connectivity index is 1.94. The van der Waals surface area contributed by atoms with Crippen molar-refractivity contribution in [3.8, 4) is 0 Å². The number of carbonyl (C=O) groups is 1. The Morgan fingerprint density at radius 1 is 1.03 bits per heavy atom. The molecule has 3 aromatic rings. The summed E-state index contributed by atoms with van der Waals surface area (Å²) in [6.45, 7) is 13.8. The largest absolute Gasteiger partial charge is 0.302 e. The monoisotopic (exact) mass is 427 g/mol. The van der Waals surface area contributed by atoms with Gasteiger partial charge in [0.2, 0.25) is 0 Å². The molecule has 1 aromatic heterocycles. The third kappa shape index (κ3) is 5.05. The molecule has 0 N–H and O–H groups in total. The molecule has 1 heterocycles. The first-order valence-electron chi connectivity index (χ1n) is 10.4. The minimum atomic E-state index is -0.295. The number of aromatic nitrogens is 1. The van der Waals surface area contributed by atoms with Gasteiger partial charge in [0.15, 0.2) is 5.13 Å². The van der Waals surface area contributed by atoms with Gasteiger partial charge in [0.25, 0.3) is 5.91 Å². The maximum Gasteiger partial charge on any atom is 0.260 e. The van der Waals surface area contributed by atoms with E-state index in [1.807, 2.05) is 24.3 Å². The Kier molecular flexibility index (Phi) is 6.88. The van der Waals surface area contributed by atoms with E-state index in [4.69, 9.17) is 0 Å². The Labute approximate surface area is 182 Å². The smallest absolute Gasteiger partial charge is 0.260 e. The molecule has 0 saturated carbocycles. The van der Waals surface area contributed by atoms with Crippen LogP contribution in [0.25, 0.3) is 10.2 Å². The molecule has 6 heteroatoms. The molecule has 0 aliphatic heterocycles. The summed E-state index contributed by atoms with van der Waals surface area (Å²) in [5, 5.41) is 0.604. The standard InChI is InChI=1S/C24H30FN3OS/c1-6-27(7-2)14-15-28(23-26-20-13-12-19(25)16-21(20)30-23)22(29)17-8-10-18(11-9-17)24(3,4)5/h8-13,16H,6-7,14-15H2,1-5H3. The van der Waals surface area contributed by atoms with E-state index < -0.39 is 0 Å². The summed E-state index contributed by atoms with van der Waals surface area (Å²) in [5.41, 5.74) is 2.55. The lowest BCUT2D eigenvalue weighted by Crippen LogP contribution is -2.38. The second-order valence-corrected chi connectivity index (χ2v) is 9.43. The number of halogens is 1. The average Bonchev–Trinajstić information content (AvgIpc) is 3.13. The first-order chi connectivity index (χ1) is 14.2. The molecule has 0 bridgehead atoms. The highest BCUT2D eigenvalue weighted by molar-refractivity contribution is 7.22. The quantitative estimate of drug-likeness (QED) is 0.484. The van der Waals surface area contributed by atoms with Gasteiger partial charge in [0.05, 0.1) is 10.2 Å². The molecule has 3 rings (SSSR count). The highest BCUT2D eigenvalue weighted by Gasteiger charge is 2.23. The molecule has 0 saturated heterocycles. The number of hydrogen-bond acceptors (Lipinski definition) is 4. The SMILES string of the molecule is CCN(CC)CCN(C(=O)c1ccc(C(C)(C)C)cc1)c1nc2ccc(F)cc2s1. The molecule has 0 spiro atoms. The number of benzene rings is 2. The van der Waals surface area contributed by atoms with Crippen LogP contribution in [0.5, 0.6) is 0 Å². The molecule has 0 fully saturated rings. The second kappa shape index (κ2) is 9.23. The van der Waals surface area contributed by atoms with Gasteiger partial charge in [-0.2, -0.15) is 0 Å². The van der Waals surface area contributed by atoms with Crippen molar-refractivity contribution in [3.05, 3.63) is 59.4 Å². The van der Waals surface area contributed by atoms with Crippen LogP contribution in [0.3, 0.4) is 0 Å². The molecule has 1 amide bonds. The summed E-state index contributed by atoms with van der Waals surface area (Å²) in [7, 11) is 0. The first kappa shape index (κ1) is 22.4. The summed E-state index contributed by atoms with van der Waals surface area (Å²) < 4.78 is 14.4. The Hall–Kier alpha value is -2.31. The number of anilines is 1. The topological polar surface area (TPSA) is 36.4 Å². The number of rotatable bonds is 7. The minimum Gasteiger partial charge on any atom is -0.302 e. The van der Waals surface area contributed by atoms with E-state index in [-0.39, 0.29) is 17.1 Å². The van der Waals surface area contributed by atoms with Crippen LogP contribution >= 0.6 is 11.3 Å². The van der Waals surface area contributed by atoms with Crippen LogP contribution in [0.2, 0.25) is 0 Å². The fourth-order valence-electron chi connectivity index (χ4n) is 3.34. The van der Waals surface area contributed by atoms with Crippen LogP contribution in [-0.2, 0) is 5.41 Å². The fraction of sp³-hybridized carbons (Fsp3) is 0.417. The normalized spacial score (nSPS) is 12.0. The third-order valence-corrected chi connectivity index (χ3v) is 6.39. The summed E-state index contributed by atoms with van der Waals surface area (Å²) in [6, 6.07) is 12.4. The lowest BCUT2D eigenvalue weighted by Gasteiger charge is -2.25. The predicted molar refractivity (Wildman–Crippen MR) is 124 cm³/mol. The van der Waals surface area contributed by atoms with Crippen LogP contribution in [0, 0.1) is 5.82 Å². The summed E-state index contributed by atoms with van der Waals surface area (Å²) in [4.78, 5) is 22.1. The van der Waals surface area contributed by atoms with Crippen LogP contribution in [-0.4, -0.2) is 42.0 Å². The Morgan fingerprint density at radius 2 is 1.70 bits per heavy atom.